The van der Waals surface area contributed by atoms with Crippen LogP contribution in [0.3, 0.4) is 0 Å². The Morgan fingerprint density at radius 2 is 1.95 bits per heavy atom. The lowest BCUT2D eigenvalue weighted by Crippen LogP contribution is -2.47. The molecule has 2 rings (SSSR count). The molecular weight excluding hydrogens is 240 g/mol. The number of nitrogens with zero attached hydrogens (tertiary/aromatic N) is 2. The zero-order valence-corrected chi connectivity index (χ0v) is 11.9. The van der Waals surface area contributed by atoms with Crippen LogP contribution in [0.4, 0.5) is 5.69 Å². The molecule has 4 nitrogen and oxygen atoms in total. The number of rotatable bonds is 5. The van der Waals surface area contributed by atoms with Crippen LogP contribution in [0.2, 0.25) is 0 Å². The van der Waals surface area contributed by atoms with Gasteiger partial charge in [0, 0.05) is 13.1 Å². The molecule has 1 aliphatic heterocycles. The molecule has 1 amide bonds. The highest BCUT2D eigenvalue weighted by atomic mass is 16.5. The van der Waals surface area contributed by atoms with Crippen molar-refractivity contribution in [1.82, 2.24) is 4.90 Å². The molecule has 1 unspecified atom stereocenters. The fourth-order valence-corrected chi connectivity index (χ4v) is 2.37. The minimum Gasteiger partial charge on any atom is -0.479 e. The molecule has 0 N–H and O–H groups in total. The van der Waals surface area contributed by atoms with E-state index in [1.54, 1.807) is 0 Å². The van der Waals surface area contributed by atoms with Gasteiger partial charge in [0.15, 0.2) is 6.10 Å². The fraction of sp³-hybridized carbons (Fsp3) is 0.533. The molecule has 0 saturated heterocycles. The lowest BCUT2D eigenvalue weighted by Gasteiger charge is -2.34. The van der Waals surface area contributed by atoms with Crippen molar-refractivity contribution in [2.24, 2.45) is 0 Å². The van der Waals surface area contributed by atoms with Gasteiger partial charge in [0.1, 0.15) is 5.75 Å². The molecule has 4 heteroatoms. The van der Waals surface area contributed by atoms with Crippen LogP contribution in [0.5, 0.6) is 5.75 Å². The number of amides is 1. The van der Waals surface area contributed by atoms with Gasteiger partial charge in [-0.25, -0.2) is 0 Å². The third-order valence-corrected chi connectivity index (χ3v) is 3.61. The lowest BCUT2D eigenvalue weighted by atomic mass is 10.2. The van der Waals surface area contributed by atoms with Gasteiger partial charge in [-0.3, -0.25) is 4.79 Å². The van der Waals surface area contributed by atoms with Crippen molar-refractivity contribution in [3.8, 4) is 5.75 Å². The molecule has 1 aliphatic rings. The first-order valence-electron chi connectivity index (χ1n) is 6.96. The standard InChI is InChI=1S/C15H22N2O2/c1-4-16(5-2)10-11-17-13-8-6-7-9-14(13)19-12(3)15(17)18/h6-9,12H,4-5,10-11H2,1-3H3. The van der Waals surface area contributed by atoms with Crippen molar-refractivity contribution in [1.29, 1.82) is 0 Å². The second-order valence-electron chi connectivity index (χ2n) is 4.74. The van der Waals surface area contributed by atoms with E-state index in [0.29, 0.717) is 6.54 Å². The summed E-state index contributed by atoms with van der Waals surface area (Å²) < 4.78 is 5.63. The second kappa shape index (κ2) is 6.06. The zero-order valence-electron chi connectivity index (χ0n) is 11.9. The summed E-state index contributed by atoms with van der Waals surface area (Å²) in [5.41, 5.74) is 0.887. The number of benzene rings is 1. The van der Waals surface area contributed by atoms with Crippen molar-refractivity contribution in [3.63, 3.8) is 0 Å². The quantitative estimate of drug-likeness (QED) is 0.815. The lowest BCUT2D eigenvalue weighted by molar-refractivity contribution is -0.125. The van der Waals surface area contributed by atoms with E-state index in [-0.39, 0.29) is 5.91 Å². The zero-order chi connectivity index (χ0) is 13.8. The molecule has 1 atom stereocenters. The van der Waals surface area contributed by atoms with Gasteiger partial charge in [0.2, 0.25) is 0 Å². The summed E-state index contributed by atoms with van der Waals surface area (Å²) in [7, 11) is 0. The Morgan fingerprint density at radius 1 is 1.26 bits per heavy atom. The van der Waals surface area contributed by atoms with E-state index in [0.717, 1.165) is 31.1 Å². The van der Waals surface area contributed by atoms with E-state index < -0.39 is 6.10 Å². The predicted octanol–water partition coefficient (Wildman–Crippen LogP) is 2.14. The molecule has 1 aromatic rings. The normalized spacial score (nSPS) is 18.4. The van der Waals surface area contributed by atoms with Crippen LogP contribution in [-0.2, 0) is 4.79 Å². The van der Waals surface area contributed by atoms with E-state index in [1.165, 1.54) is 0 Å². The van der Waals surface area contributed by atoms with Gasteiger partial charge in [0.05, 0.1) is 5.69 Å². The van der Waals surface area contributed by atoms with E-state index in [9.17, 15) is 4.79 Å². The number of carbonyl (C=O) groups is 1. The topological polar surface area (TPSA) is 32.8 Å². The maximum Gasteiger partial charge on any atom is 0.267 e. The Kier molecular flexibility index (Phi) is 4.43. The van der Waals surface area contributed by atoms with E-state index in [2.05, 4.69) is 18.7 Å². The molecule has 0 aromatic heterocycles. The van der Waals surface area contributed by atoms with Gasteiger partial charge in [-0.15, -0.1) is 0 Å². The average molecular weight is 262 g/mol. The van der Waals surface area contributed by atoms with Crippen molar-refractivity contribution < 1.29 is 9.53 Å². The van der Waals surface area contributed by atoms with Crippen LogP contribution >= 0.6 is 0 Å². The van der Waals surface area contributed by atoms with Gasteiger partial charge in [-0.2, -0.15) is 0 Å². The van der Waals surface area contributed by atoms with Gasteiger partial charge in [-0.1, -0.05) is 26.0 Å². The monoisotopic (exact) mass is 262 g/mol. The Balaban J connectivity index is 2.16. The van der Waals surface area contributed by atoms with Crippen LogP contribution < -0.4 is 9.64 Å². The highest BCUT2D eigenvalue weighted by Gasteiger charge is 2.30. The van der Waals surface area contributed by atoms with Crippen LogP contribution in [0.25, 0.3) is 0 Å². The summed E-state index contributed by atoms with van der Waals surface area (Å²) in [4.78, 5) is 16.4. The summed E-state index contributed by atoms with van der Waals surface area (Å²) in [6, 6.07) is 7.74. The van der Waals surface area contributed by atoms with Crippen LogP contribution in [-0.4, -0.2) is 43.1 Å². The number of fused-ring (bicyclic) bond motifs is 1. The summed E-state index contributed by atoms with van der Waals surface area (Å²) >= 11 is 0. The van der Waals surface area contributed by atoms with Gasteiger partial charge >= 0.3 is 0 Å². The smallest absolute Gasteiger partial charge is 0.267 e. The number of anilines is 1. The van der Waals surface area contributed by atoms with Gasteiger partial charge in [0.25, 0.3) is 5.91 Å². The molecule has 1 heterocycles. The Morgan fingerprint density at radius 3 is 2.63 bits per heavy atom. The molecule has 0 fully saturated rings. The first kappa shape index (κ1) is 13.9. The minimum atomic E-state index is -0.397. The number of carbonyl (C=O) groups excluding carboxylic acids is 1. The van der Waals surface area contributed by atoms with E-state index >= 15 is 0 Å². The van der Waals surface area contributed by atoms with Crippen LogP contribution in [0.1, 0.15) is 20.8 Å². The Labute approximate surface area is 115 Å². The van der Waals surface area contributed by atoms with Crippen LogP contribution in [0, 0.1) is 0 Å². The molecule has 1 aromatic carbocycles. The SMILES string of the molecule is CCN(CC)CCN1C(=O)C(C)Oc2ccccc21. The molecular formula is C15H22N2O2. The number of ether oxygens (including phenoxy) is 1. The predicted molar refractivity (Wildman–Crippen MR) is 76.7 cm³/mol. The largest absolute Gasteiger partial charge is 0.479 e. The maximum atomic E-state index is 12.3. The molecule has 0 bridgehead atoms. The Bertz CT molecular complexity index is 444. The van der Waals surface area contributed by atoms with Crippen LogP contribution in [0.15, 0.2) is 24.3 Å². The first-order chi connectivity index (χ1) is 9.17. The molecule has 0 radical (unpaired) electrons. The summed E-state index contributed by atoms with van der Waals surface area (Å²) in [5.74, 6) is 0.847. The maximum absolute atomic E-state index is 12.3. The van der Waals surface area contributed by atoms with Crippen molar-refractivity contribution >= 4 is 11.6 Å². The molecule has 0 aliphatic carbocycles. The van der Waals surface area contributed by atoms with E-state index in [4.69, 9.17) is 4.74 Å². The van der Waals surface area contributed by atoms with Crippen molar-refractivity contribution in [2.75, 3.05) is 31.1 Å². The first-order valence-corrected chi connectivity index (χ1v) is 6.96. The summed E-state index contributed by atoms with van der Waals surface area (Å²) in [6.45, 7) is 9.70. The van der Waals surface area contributed by atoms with Crippen molar-refractivity contribution in [3.05, 3.63) is 24.3 Å². The van der Waals surface area contributed by atoms with Gasteiger partial charge < -0.3 is 14.5 Å². The van der Waals surface area contributed by atoms with Gasteiger partial charge in [-0.05, 0) is 32.1 Å². The average Bonchev–Trinajstić information content (AvgIpc) is 2.43. The fourth-order valence-electron chi connectivity index (χ4n) is 2.37. The highest BCUT2D eigenvalue weighted by molar-refractivity contribution is 5.99. The third-order valence-electron chi connectivity index (χ3n) is 3.61. The number of para-hydroxylation sites is 2. The summed E-state index contributed by atoms with van der Waals surface area (Å²) in [6.07, 6.45) is -0.397. The number of hydrogen-bond donors (Lipinski definition) is 0. The van der Waals surface area contributed by atoms with Crippen molar-refractivity contribution in [2.45, 2.75) is 26.9 Å². The third kappa shape index (κ3) is 2.89. The molecule has 0 saturated carbocycles. The van der Waals surface area contributed by atoms with E-state index in [1.807, 2.05) is 36.1 Å². The summed E-state index contributed by atoms with van der Waals surface area (Å²) in [5, 5.41) is 0. The molecule has 104 valence electrons. The number of hydrogen-bond acceptors (Lipinski definition) is 3. The highest BCUT2D eigenvalue weighted by Crippen LogP contribution is 2.33. The molecule has 0 spiro atoms. The Hall–Kier alpha value is -1.55. The minimum absolute atomic E-state index is 0.0471. The number of likely N-dealkylation sites (N-methyl/N-ethyl adjacent to an activating group) is 1. The second-order valence-corrected chi connectivity index (χ2v) is 4.74. The molecule has 19 heavy (non-hydrogen) atoms.